The van der Waals surface area contributed by atoms with Crippen molar-refractivity contribution in [2.75, 3.05) is 14.2 Å². The molecule has 0 saturated carbocycles. The van der Waals surface area contributed by atoms with Crippen LogP contribution in [-0.4, -0.2) is 67.0 Å². The number of nitrogens with two attached hydrogens (primary N) is 1. The maximum absolute atomic E-state index is 11.1. The van der Waals surface area contributed by atoms with Crippen LogP contribution in [0.25, 0.3) is 0 Å². The van der Waals surface area contributed by atoms with Crippen molar-refractivity contribution >= 4 is 35.8 Å². The van der Waals surface area contributed by atoms with Crippen LogP contribution in [0.4, 0.5) is 9.59 Å². The number of carbonyl (C=O) groups is 6. The summed E-state index contributed by atoms with van der Waals surface area (Å²) in [5.41, 5.74) is 4.74. The molecule has 0 aromatic carbocycles. The Morgan fingerprint density at radius 3 is 1.79 bits per heavy atom. The third kappa shape index (κ3) is 13.1. The Balaban J connectivity index is 0. The van der Waals surface area contributed by atoms with Crippen LogP contribution < -0.4 is 16.4 Å². The van der Waals surface area contributed by atoms with E-state index in [1.54, 1.807) is 13.8 Å². The molecule has 1 fully saturated rings. The molecule has 28 heavy (non-hydrogen) atoms. The lowest BCUT2D eigenvalue weighted by molar-refractivity contribution is -0.151. The number of amides is 6. The molecule has 0 bridgehead atoms. The zero-order valence-corrected chi connectivity index (χ0v) is 16.9. The first-order valence-electron chi connectivity index (χ1n) is 8.21. The fraction of sp³-hybridized carbons (Fsp3) is 0.625. The van der Waals surface area contributed by atoms with Gasteiger partial charge in [-0.2, -0.15) is 0 Å². The van der Waals surface area contributed by atoms with E-state index >= 15 is 0 Å². The highest BCUT2D eigenvalue weighted by atomic mass is 16.5. The average molecular weight is 404 g/mol. The van der Waals surface area contributed by atoms with Gasteiger partial charge in [0.25, 0.3) is 0 Å². The molecule has 160 valence electrons. The number of methoxy groups -OCH3 is 2. The van der Waals surface area contributed by atoms with E-state index in [9.17, 15) is 28.8 Å². The molecule has 4 N–H and O–H groups in total. The summed E-state index contributed by atoms with van der Waals surface area (Å²) < 4.78 is 8.37. The summed E-state index contributed by atoms with van der Waals surface area (Å²) in [6, 6.07) is -1.13. The third-order valence-electron chi connectivity index (χ3n) is 2.74. The number of nitrogens with one attached hydrogen (secondary N) is 2. The number of hydrogen-bond donors (Lipinski definition) is 3. The van der Waals surface area contributed by atoms with Crippen LogP contribution in [0.2, 0.25) is 0 Å². The summed E-state index contributed by atoms with van der Waals surface area (Å²) in [5.74, 6) is -2.12. The maximum atomic E-state index is 11.1. The van der Waals surface area contributed by atoms with E-state index < -0.39 is 35.8 Å². The van der Waals surface area contributed by atoms with Crippen molar-refractivity contribution in [1.82, 2.24) is 15.5 Å². The Morgan fingerprint density at radius 1 is 1.07 bits per heavy atom. The van der Waals surface area contributed by atoms with Crippen molar-refractivity contribution in [3.8, 4) is 0 Å². The number of primary amides is 1. The number of urea groups is 2. The maximum Gasteiger partial charge on any atom is 0.330 e. The summed E-state index contributed by atoms with van der Waals surface area (Å²) in [6.07, 6.45) is -0.545. The van der Waals surface area contributed by atoms with E-state index in [1.807, 2.05) is 13.8 Å². The van der Waals surface area contributed by atoms with Gasteiger partial charge in [-0.1, -0.05) is 0 Å². The molecule has 0 aromatic rings. The SMILES string of the molecule is CC(C)N1C(=O)CC(=O)NC1=O.CC(C)NC(N)=O.COC(=O)CC(=O)OC. The molecule has 12 nitrogen and oxygen atoms in total. The van der Waals surface area contributed by atoms with E-state index in [1.165, 1.54) is 14.2 Å². The molecule has 12 heteroatoms. The Morgan fingerprint density at radius 2 is 1.54 bits per heavy atom. The lowest BCUT2D eigenvalue weighted by Gasteiger charge is -2.27. The lowest BCUT2D eigenvalue weighted by atomic mass is 10.2. The van der Waals surface area contributed by atoms with Crippen molar-refractivity contribution in [2.45, 2.75) is 52.6 Å². The van der Waals surface area contributed by atoms with Gasteiger partial charge in [-0.05, 0) is 27.7 Å². The molecule has 0 atom stereocenters. The molecule has 1 aliphatic heterocycles. The highest BCUT2D eigenvalue weighted by Gasteiger charge is 2.32. The van der Waals surface area contributed by atoms with Gasteiger partial charge in [-0.15, -0.1) is 0 Å². The van der Waals surface area contributed by atoms with E-state index in [4.69, 9.17) is 5.73 Å². The van der Waals surface area contributed by atoms with Crippen LogP contribution in [0.3, 0.4) is 0 Å². The number of carbonyl (C=O) groups excluding carboxylic acids is 6. The molecule has 1 rings (SSSR count). The number of barbiturate groups is 1. The number of ether oxygens (including phenoxy) is 2. The minimum Gasteiger partial charge on any atom is -0.469 e. The molecule has 1 heterocycles. The fourth-order valence-corrected chi connectivity index (χ4v) is 1.63. The van der Waals surface area contributed by atoms with Gasteiger partial charge < -0.3 is 20.5 Å². The number of nitrogens with zero attached hydrogens (tertiary/aromatic N) is 1. The first-order valence-corrected chi connectivity index (χ1v) is 8.21. The normalized spacial score (nSPS) is 12.9. The van der Waals surface area contributed by atoms with Crippen LogP contribution >= 0.6 is 0 Å². The van der Waals surface area contributed by atoms with Gasteiger partial charge in [0.05, 0.1) is 14.2 Å². The molecule has 0 spiro atoms. The van der Waals surface area contributed by atoms with Crippen LogP contribution in [0, 0.1) is 0 Å². The number of hydrogen-bond acceptors (Lipinski definition) is 8. The monoisotopic (exact) mass is 404 g/mol. The first kappa shape index (κ1) is 27.0. The molecule has 1 saturated heterocycles. The quantitative estimate of drug-likeness (QED) is 0.421. The van der Waals surface area contributed by atoms with Crippen LogP contribution in [0.5, 0.6) is 0 Å². The highest BCUT2D eigenvalue weighted by Crippen LogP contribution is 2.06. The summed E-state index contributed by atoms with van der Waals surface area (Å²) in [4.78, 5) is 64.3. The Bertz CT molecular complexity index is 555. The van der Waals surface area contributed by atoms with Gasteiger partial charge in [0.15, 0.2) is 0 Å². The second-order valence-electron chi connectivity index (χ2n) is 5.88. The van der Waals surface area contributed by atoms with Crippen LogP contribution in [0.15, 0.2) is 0 Å². The number of esters is 2. The van der Waals surface area contributed by atoms with Gasteiger partial charge in [0.2, 0.25) is 11.8 Å². The number of rotatable bonds is 4. The van der Waals surface area contributed by atoms with Gasteiger partial charge in [0.1, 0.15) is 12.8 Å². The van der Waals surface area contributed by atoms with Crippen molar-refractivity contribution in [2.24, 2.45) is 5.73 Å². The van der Waals surface area contributed by atoms with Crippen LogP contribution in [0.1, 0.15) is 40.5 Å². The van der Waals surface area contributed by atoms with Crippen molar-refractivity contribution < 1.29 is 38.2 Å². The van der Waals surface area contributed by atoms with E-state index in [-0.39, 0.29) is 24.9 Å². The second kappa shape index (κ2) is 13.9. The predicted octanol–water partition coefficient (Wildman–Crippen LogP) is -0.351. The number of imide groups is 2. The lowest BCUT2D eigenvalue weighted by Crippen LogP contribution is -2.55. The molecule has 1 aliphatic rings. The van der Waals surface area contributed by atoms with Crippen molar-refractivity contribution in [3.63, 3.8) is 0 Å². The fourth-order valence-electron chi connectivity index (χ4n) is 1.63. The van der Waals surface area contributed by atoms with E-state index in [0.717, 1.165) is 4.90 Å². The van der Waals surface area contributed by atoms with Crippen LogP contribution in [-0.2, 0) is 28.7 Å². The smallest absolute Gasteiger partial charge is 0.330 e. The Labute approximate surface area is 163 Å². The molecule has 0 radical (unpaired) electrons. The average Bonchev–Trinajstić information content (AvgIpc) is 2.53. The van der Waals surface area contributed by atoms with Crippen molar-refractivity contribution in [1.29, 1.82) is 0 Å². The molecular weight excluding hydrogens is 376 g/mol. The second-order valence-corrected chi connectivity index (χ2v) is 5.88. The molecule has 6 amide bonds. The van der Waals surface area contributed by atoms with Crippen molar-refractivity contribution in [3.05, 3.63) is 0 Å². The summed E-state index contributed by atoms with van der Waals surface area (Å²) in [7, 11) is 2.43. The van der Waals surface area contributed by atoms with E-state index in [2.05, 4.69) is 20.1 Å². The van der Waals surface area contributed by atoms with Gasteiger partial charge in [-0.25, -0.2) is 9.59 Å². The Hall–Kier alpha value is -3.18. The molecule has 0 aromatic heterocycles. The third-order valence-corrected chi connectivity index (χ3v) is 2.74. The topological polar surface area (TPSA) is 174 Å². The zero-order valence-electron chi connectivity index (χ0n) is 16.9. The van der Waals surface area contributed by atoms with E-state index in [0.29, 0.717) is 0 Å². The summed E-state index contributed by atoms with van der Waals surface area (Å²) in [5, 5.41) is 4.51. The predicted molar refractivity (Wildman–Crippen MR) is 96.6 cm³/mol. The minimum atomic E-state index is -0.619. The van der Waals surface area contributed by atoms with Gasteiger partial charge >= 0.3 is 24.0 Å². The molecular formula is C16H28N4O8. The largest absolute Gasteiger partial charge is 0.469 e. The minimum absolute atomic E-state index is 0.150. The summed E-state index contributed by atoms with van der Waals surface area (Å²) >= 11 is 0. The first-order chi connectivity index (χ1) is 12.8. The molecule has 0 aliphatic carbocycles. The Kier molecular flexibility index (Phi) is 13.5. The van der Waals surface area contributed by atoms with Gasteiger partial charge in [0, 0.05) is 12.1 Å². The highest BCUT2D eigenvalue weighted by molar-refractivity contribution is 6.14. The standard InChI is InChI=1S/C7H10N2O3.C5H8O4.C4H10N2O/c1-4(2)9-6(11)3-5(10)8-7(9)12;1-8-4(6)3-5(7)9-2;1-3(2)6-4(5)7/h4H,3H2,1-2H3,(H,8,10,12);3H2,1-2H3;3H,1-2H3,(H3,5,6,7). The molecule has 0 unspecified atom stereocenters. The van der Waals surface area contributed by atoms with Gasteiger partial charge in [-0.3, -0.25) is 29.4 Å². The summed E-state index contributed by atoms with van der Waals surface area (Å²) in [6.45, 7) is 7.13. The zero-order chi connectivity index (χ0) is 22.4.